The SMILES string of the molecule is Cc1ccc(Cn2nc(C)c(C(C)(C)C)c2C)cc1. The minimum atomic E-state index is 0.152. The summed E-state index contributed by atoms with van der Waals surface area (Å²) in [4.78, 5) is 0. The standard InChI is InChI=1S/C17H24N2/c1-12-7-9-15(10-8-12)11-19-14(3)16(13(2)18-19)17(4,5)6/h7-10H,11H2,1-6H3. The van der Waals surface area contributed by atoms with Gasteiger partial charge < -0.3 is 0 Å². The highest BCUT2D eigenvalue weighted by Crippen LogP contribution is 2.28. The predicted octanol–water partition coefficient (Wildman–Crippen LogP) is 4.15. The number of aryl methyl sites for hydroxylation is 2. The van der Waals surface area contributed by atoms with E-state index in [1.165, 1.54) is 22.4 Å². The molecule has 1 heterocycles. The van der Waals surface area contributed by atoms with Gasteiger partial charge in [-0.2, -0.15) is 5.10 Å². The summed E-state index contributed by atoms with van der Waals surface area (Å²) in [6, 6.07) is 8.68. The molecule has 2 nitrogen and oxygen atoms in total. The summed E-state index contributed by atoms with van der Waals surface area (Å²) in [7, 11) is 0. The number of hydrogen-bond acceptors (Lipinski definition) is 1. The van der Waals surface area contributed by atoms with Crippen molar-refractivity contribution >= 4 is 0 Å². The lowest BCUT2D eigenvalue weighted by Gasteiger charge is -2.19. The molecule has 1 aromatic heterocycles. The second-order valence-corrected chi connectivity index (χ2v) is 6.44. The number of benzene rings is 1. The van der Waals surface area contributed by atoms with Gasteiger partial charge in [0.15, 0.2) is 0 Å². The van der Waals surface area contributed by atoms with E-state index in [-0.39, 0.29) is 5.41 Å². The van der Waals surface area contributed by atoms with Gasteiger partial charge in [0.05, 0.1) is 12.2 Å². The smallest absolute Gasteiger partial charge is 0.0662 e. The van der Waals surface area contributed by atoms with Crippen molar-refractivity contribution in [2.75, 3.05) is 0 Å². The quantitative estimate of drug-likeness (QED) is 0.789. The fourth-order valence-corrected chi connectivity index (χ4v) is 2.80. The lowest BCUT2D eigenvalue weighted by Crippen LogP contribution is -2.14. The summed E-state index contributed by atoms with van der Waals surface area (Å²) in [6.07, 6.45) is 0. The first-order valence-corrected chi connectivity index (χ1v) is 6.89. The lowest BCUT2D eigenvalue weighted by molar-refractivity contribution is 0.577. The van der Waals surface area contributed by atoms with Crippen LogP contribution in [0.1, 0.15) is 48.8 Å². The molecule has 0 bridgehead atoms. The van der Waals surface area contributed by atoms with E-state index in [1.807, 2.05) is 0 Å². The molecule has 1 aromatic carbocycles. The van der Waals surface area contributed by atoms with Crippen molar-refractivity contribution in [3.63, 3.8) is 0 Å². The van der Waals surface area contributed by atoms with Gasteiger partial charge >= 0.3 is 0 Å². The van der Waals surface area contributed by atoms with Crippen molar-refractivity contribution in [3.05, 3.63) is 52.3 Å². The summed E-state index contributed by atoms with van der Waals surface area (Å²) in [6.45, 7) is 14.0. The van der Waals surface area contributed by atoms with Crippen LogP contribution in [-0.2, 0) is 12.0 Å². The highest BCUT2D eigenvalue weighted by atomic mass is 15.3. The monoisotopic (exact) mass is 256 g/mol. The fourth-order valence-electron chi connectivity index (χ4n) is 2.80. The molecule has 102 valence electrons. The zero-order valence-electron chi connectivity index (χ0n) is 12.9. The van der Waals surface area contributed by atoms with Crippen LogP contribution in [0.15, 0.2) is 24.3 Å². The maximum atomic E-state index is 4.71. The number of rotatable bonds is 2. The zero-order chi connectivity index (χ0) is 14.2. The minimum Gasteiger partial charge on any atom is -0.265 e. The van der Waals surface area contributed by atoms with Crippen molar-refractivity contribution in [1.29, 1.82) is 0 Å². The summed E-state index contributed by atoms with van der Waals surface area (Å²) in [5.41, 5.74) is 6.56. The number of hydrogen-bond donors (Lipinski definition) is 0. The molecule has 0 aliphatic carbocycles. The Morgan fingerprint density at radius 3 is 2.05 bits per heavy atom. The molecule has 19 heavy (non-hydrogen) atoms. The van der Waals surface area contributed by atoms with Crippen LogP contribution in [0.3, 0.4) is 0 Å². The van der Waals surface area contributed by atoms with Gasteiger partial charge in [0.25, 0.3) is 0 Å². The Hall–Kier alpha value is -1.57. The van der Waals surface area contributed by atoms with E-state index in [1.54, 1.807) is 0 Å². The molecule has 0 saturated heterocycles. The summed E-state index contributed by atoms with van der Waals surface area (Å²) in [5.74, 6) is 0. The van der Waals surface area contributed by atoms with Crippen LogP contribution in [0.5, 0.6) is 0 Å². The Bertz CT molecular complexity index is 569. The first-order chi connectivity index (χ1) is 8.79. The molecule has 2 rings (SSSR count). The van der Waals surface area contributed by atoms with E-state index in [0.717, 1.165) is 12.2 Å². The van der Waals surface area contributed by atoms with Crippen molar-refractivity contribution in [1.82, 2.24) is 9.78 Å². The maximum Gasteiger partial charge on any atom is 0.0662 e. The van der Waals surface area contributed by atoms with Gasteiger partial charge in [0.1, 0.15) is 0 Å². The third kappa shape index (κ3) is 2.89. The van der Waals surface area contributed by atoms with Crippen molar-refractivity contribution in [2.45, 2.75) is 53.5 Å². The average Bonchev–Trinajstić information content (AvgIpc) is 2.56. The number of aromatic nitrogens is 2. The lowest BCUT2D eigenvalue weighted by atomic mass is 9.85. The van der Waals surface area contributed by atoms with E-state index < -0.39 is 0 Å². The summed E-state index contributed by atoms with van der Waals surface area (Å²) < 4.78 is 2.13. The first kappa shape index (κ1) is 13.9. The van der Waals surface area contributed by atoms with Crippen LogP contribution in [-0.4, -0.2) is 9.78 Å². The molecule has 0 fully saturated rings. The van der Waals surface area contributed by atoms with Gasteiger partial charge in [-0.25, -0.2) is 0 Å². The second-order valence-electron chi connectivity index (χ2n) is 6.44. The molecular formula is C17H24N2. The molecule has 0 aliphatic heterocycles. The fraction of sp³-hybridized carbons (Fsp3) is 0.471. The largest absolute Gasteiger partial charge is 0.265 e. The first-order valence-electron chi connectivity index (χ1n) is 6.89. The topological polar surface area (TPSA) is 17.8 Å². The highest BCUT2D eigenvalue weighted by molar-refractivity contribution is 5.32. The normalized spacial score (nSPS) is 11.9. The molecule has 0 amide bonds. The third-order valence-corrected chi connectivity index (χ3v) is 3.58. The zero-order valence-corrected chi connectivity index (χ0v) is 12.9. The third-order valence-electron chi connectivity index (χ3n) is 3.58. The Kier molecular flexibility index (Phi) is 3.53. The van der Waals surface area contributed by atoms with Crippen LogP contribution in [0.4, 0.5) is 0 Å². The molecule has 0 saturated carbocycles. The van der Waals surface area contributed by atoms with E-state index in [4.69, 9.17) is 5.10 Å². The Balaban J connectivity index is 2.34. The Morgan fingerprint density at radius 2 is 1.58 bits per heavy atom. The van der Waals surface area contributed by atoms with E-state index in [0.29, 0.717) is 0 Å². The van der Waals surface area contributed by atoms with Crippen LogP contribution in [0, 0.1) is 20.8 Å². The van der Waals surface area contributed by atoms with Crippen LogP contribution < -0.4 is 0 Å². The minimum absolute atomic E-state index is 0.152. The van der Waals surface area contributed by atoms with Crippen LogP contribution >= 0.6 is 0 Å². The van der Waals surface area contributed by atoms with Crippen LogP contribution in [0.2, 0.25) is 0 Å². The maximum absolute atomic E-state index is 4.71. The molecule has 2 heteroatoms. The predicted molar refractivity (Wildman–Crippen MR) is 80.7 cm³/mol. The molecule has 2 aromatic rings. The molecule has 0 spiro atoms. The van der Waals surface area contributed by atoms with Gasteiger partial charge in [0, 0.05) is 11.3 Å². The molecular weight excluding hydrogens is 232 g/mol. The van der Waals surface area contributed by atoms with Gasteiger partial charge in [-0.05, 0) is 31.7 Å². The molecule has 0 unspecified atom stereocenters. The summed E-state index contributed by atoms with van der Waals surface area (Å²) >= 11 is 0. The van der Waals surface area contributed by atoms with Crippen molar-refractivity contribution in [2.24, 2.45) is 0 Å². The van der Waals surface area contributed by atoms with Crippen LogP contribution in [0.25, 0.3) is 0 Å². The molecule has 0 N–H and O–H groups in total. The van der Waals surface area contributed by atoms with Crippen molar-refractivity contribution < 1.29 is 0 Å². The van der Waals surface area contributed by atoms with Crippen molar-refractivity contribution in [3.8, 4) is 0 Å². The molecule has 0 atom stereocenters. The van der Waals surface area contributed by atoms with E-state index in [9.17, 15) is 0 Å². The van der Waals surface area contributed by atoms with Gasteiger partial charge in [0.2, 0.25) is 0 Å². The van der Waals surface area contributed by atoms with E-state index >= 15 is 0 Å². The molecule has 0 radical (unpaired) electrons. The highest BCUT2D eigenvalue weighted by Gasteiger charge is 2.23. The van der Waals surface area contributed by atoms with Gasteiger partial charge in [-0.15, -0.1) is 0 Å². The number of nitrogens with zero attached hydrogens (tertiary/aromatic N) is 2. The Morgan fingerprint density at radius 1 is 1.00 bits per heavy atom. The molecule has 0 aliphatic rings. The Labute approximate surface area is 116 Å². The van der Waals surface area contributed by atoms with E-state index in [2.05, 4.69) is 70.5 Å². The summed E-state index contributed by atoms with van der Waals surface area (Å²) in [5, 5.41) is 4.71. The second kappa shape index (κ2) is 4.84. The average molecular weight is 256 g/mol. The van der Waals surface area contributed by atoms with Gasteiger partial charge in [-0.3, -0.25) is 4.68 Å². The van der Waals surface area contributed by atoms with Gasteiger partial charge in [-0.1, -0.05) is 50.6 Å².